The molecule has 0 heterocycles. The van der Waals surface area contributed by atoms with Crippen LogP contribution in [-0.4, -0.2) is 19.2 Å². The summed E-state index contributed by atoms with van der Waals surface area (Å²) in [6.07, 6.45) is 1.17. The van der Waals surface area contributed by atoms with E-state index in [0.29, 0.717) is 11.4 Å². The van der Waals surface area contributed by atoms with Crippen molar-refractivity contribution in [1.82, 2.24) is 4.72 Å². The van der Waals surface area contributed by atoms with Gasteiger partial charge in [0.25, 0.3) is 0 Å². The maximum atomic E-state index is 13.4. The molecule has 0 saturated heterocycles. The number of nitrogens with one attached hydrogen (secondary N) is 1. The van der Waals surface area contributed by atoms with Crippen LogP contribution < -0.4 is 4.72 Å². The highest BCUT2D eigenvalue weighted by molar-refractivity contribution is 7.90. The van der Waals surface area contributed by atoms with Crippen molar-refractivity contribution >= 4 is 21.6 Å². The summed E-state index contributed by atoms with van der Waals surface area (Å²) >= 11 is 6.09. The van der Waals surface area contributed by atoms with Crippen LogP contribution in [0.15, 0.2) is 84.9 Å². The first-order chi connectivity index (χ1) is 14.7. The van der Waals surface area contributed by atoms with Crippen molar-refractivity contribution in [2.24, 2.45) is 0 Å². The van der Waals surface area contributed by atoms with E-state index in [1.807, 2.05) is 79.7 Å². The van der Waals surface area contributed by atoms with Crippen molar-refractivity contribution in [3.8, 4) is 0 Å². The first-order valence-corrected chi connectivity index (χ1v) is 12.4. The standard InChI is InChI=1S/C26H30ClNO2S/c1-20(28-31(29,30)26(2,3)19-22-12-8-5-9-13-22)25(18-21-10-6-4-7-11-21)23-14-16-24(27)17-15-23/h4-17,20,25,28H,18-19H2,1-3H3. The average Bonchev–Trinajstić information content (AvgIpc) is 2.73. The number of hydrogen-bond acceptors (Lipinski definition) is 2. The van der Waals surface area contributed by atoms with Crippen LogP contribution in [0, 0.1) is 0 Å². The summed E-state index contributed by atoms with van der Waals surface area (Å²) in [5.41, 5.74) is 3.23. The van der Waals surface area contributed by atoms with Crippen LogP contribution in [0.1, 0.15) is 43.4 Å². The fourth-order valence-corrected chi connectivity index (χ4v) is 5.29. The third-order valence-corrected chi connectivity index (χ3v) is 8.27. The van der Waals surface area contributed by atoms with Gasteiger partial charge in [-0.15, -0.1) is 0 Å². The van der Waals surface area contributed by atoms with Crippen molar-refractivity contribution in [1.29, 1.82) is 0 Å². The molecule has 0 bridgehead atoms. The fraction of sp³-hybridized carbons (Fsp3) is 0.308. The summed E-state index contributed by atoms with van der Waals surface area (Å²) in [7, 11) is -3.59. The molecule has 31 heavy (non-hydrogen) atoms. The van der Waals surface area contributed by atoms with Crippen molar-refractivity contribution in [3.05, 3.63) is 107 Å². The molecule has 0 saturated carbocycles. The van der Waals surface area contributed by atoms with E-state index in [-0.39, 0.29) is 12.0 Å². The van der Waals surface area contributed by atoms with Crippen LogP contribution in [0.5, 0.6) is 0 Å². The van der Waals surface area contributed by atoms with Gasteiger partial charge in [0.1, 0.15) is 0 Å². The molecule has 0 radical (unpaired) electrons. The molecule has 1 N–H and O–H groups in total. The van der Waals surface area contributed by atoms with Gasteiger partial charge >= 0.3 is 0 Å². The van der Waals surface area contributed by atoms with Gasteiger partial charge in [-0.1, -0.05) is 84.4 Å². The Morgan fingerprint density at radius 1 is 0.839 bits per heavy atom. The van der Waals surface area contributed by atoms with E-state index in [1.54, 1.807) is 13.8 Å². The molecule has 0 aliphatic rings. The van der Waals surface area contributed by atoms with Gasteiger partial charge in [-0.25, -0.2) is 13.1 Å². The highest BCUT2D eigenvalue weighted by Gasteiger charge is 2.37. The van der Waals surface area contributed by atoms with E-state index in [4.69, 9.17) is 11.6 Å². The zero-order valence-electron chi connectivity index (χ0n) is 18.3. The molecule has 0 spiro atoms. The number of rotatable bonds is 9. The van der Waals surface area contributed by atoms with Crippen LogP contribution in [0.2, 0.25) is 5.02 Å². The first kappa shape index (κ1) is 23.5. The molecular weight excluding hydrogens is 426 g/mol. The molecule has 0 aromatic heterocycles. The number of halogens is 1. The minimum absolute atomic E-state index is 0.0260. The Balaban J connectivity index is 1.84. The Hall–Kier alpha value is -2.14. The normalized spacial score (nSPS) is 14.2. The molecular formula is C26H30ClNO2S. The van der Waals surface area contributed by atoms with Crippen LogP contribution in [-0.2, 0) is 22.9 Å². The lowest BCUT2D eigenvalue weighted by atomic mass is 9.87. The van der Waals surface area contributed by atoms with Crippen molar-refractivity contribution in [2.75, 3.05) is 0 Å². The highest BCUT2D eigenvalue weighted by atomic mass is 35.5. The molecule has 5 heteroatoms. The minimum Gasteiger partial charge on any atom is -0.212 e. The van der Waals surface area contributed by atoms with Gasteiger partial charge < -0.3 is 0 Å². The van der Waals surface area contributed by atoms with Crippen molar-refractivity contribution < 1.29 is 8.42 Å². The average molecular weight is 456 g/mol. The minimum atomic E-state index is -3.59. The maximum Gasteiger partial charge on any atom is 0.217 e. The van der Waals surface area contributed by atoms with Crippen molar-refractivity contribution in [3.63, 3.8) is 0 Å². The first-order valence-electron chi connectivity index (χ1n) is 10.5. The Kier molecular flexibility index (Phi) is 7.58. The maximum absolute atomic E-state index is 13.4. The summed E-state index contributed by atoms with van der Waals surface area (Å²) in [6.45, 7) is 5.51. The lowest BCUT2D eigenvalue weighted by molar-refractivity contribution is 0.480. The summed E-state index contributed by atoms with van der Waals surface area (Å²) < 4.78 is 28.8. The van der Waals surface area contributed by atoms with Gasteiger partial charge in [-0.2, -0.15) is 0 Å². The zero-order valence-corrected chi connectivity index (χ0v) is 19.8. The van der Waals surface area contributed by atoms with Gasteiger partial charge in [0, 0.05) is 17.0 Å². The molecule has 2 unspecified atom stereocenters. The molecule has 0 aliphatic carbocycles. The van der Waals surface area contributed by atoms with Crippen LogP contribution >= 0.6 is 11.6 Å². The topological polar surface area (TPSA) is 46.2 Å². The third-order valence-electron chi connectivity index (χ3n) is 5.74. The highest BCUT2D eigenvalue weighted by Crippen LogP contribution is 2.29. The summed E-state index contributed by atoms with van der Waals surface area (Å²) in [5, 5.41) is 0.666. The second kappa shape index (κ2) is 9.99. The van der Waals surface area contributed by atoms with Crippen LogP contribution in [0.4, 0.5) is 0 Å². The second-order valence-corrected chi connectivity index (χ2v) is 11.5. The summed E-state index contributed by atoms with van der Waals surface area (Å²) in [5.74, 6) is -0.0260. The number of sulfonamides is 1. The van der Waals surface area contributed by atoms with Gasteiger partial charge in [0.05, 0.1) is 4.75 Å². The largest absolute Gasteiger partial charge is 0.217 e. The Labute approximate surface area is 191 Å². The third kappa shape index (κ3) is 6.19. The van der Waals surface area contributed by atoms with Gasteiger partial charge in [-0.05, 0) is 62.4 Å². The van der Waals surface area contributed by atoms with Gasteiger partial charge in [0.15, 0.2) is 0 Å². The zero-order chi connectivity index (χ0) is 22.5. The summed E-state index contributed by atoms with van der Waals surface area (Å²) in [6, 6.07) is 27.3. The number of hydrogen-bond donors (Lipinski definition) is 1. The van der Waals surface area contributed by atoms with E-state index >= 15 is 0 Å². The van der Waals surface area contributed by atoms with E-state index < -0.39 is 14.8 Å². The quantitative estimate of drug-likeness (QED) is 0.430. The molecule has 3 nitrogen and oxygen atoms in total. The predicted molar refractivity (Wildman–Crippen MR) is 130 cm³/mol. The molecule has 3 aromatic carbocycles. The SMILES string of the molecule is CC(NS(=O)(=O)C(C)(C)Cc1ccccc1)C(Cc1ccccc1)c1ccc(Cl)cc1. The molecule has 0 amide bonds. The van der Waals surface area contributed by atoms with Crippen LogP contribution in [0.3, 0.4) is 0 Å². The second-order valence-electron chi connectivity index (χ2n) is 8.68. The van der Waals surface area contributed by atoms with Crippen molar-refractivity contribution in [2.45, 2.75) is 50.3 Å². The lowest BCUT2D eigenvalue weighted by Crippen LogP contribution is -2.48. The van der Waals surface area contributed by atoms with E-state index in [1.165, 1.54) is 0 Å². The smallest absolute Gasteiger partial charge is 0.212 e. The van der Waals surface area contributed by atoms with Crippen LogP contribution in [0.25, 0.3) is 0 Å². The molecule has 2 atom stereocenters. The Bertz CT molecular complexity index is 1070. The van der Waals surface area contributed by atoms with E-state index in [9.17, 15) is 8.42 Å². The van der Waals surface area contributed by atoms with E-state index in [0.717, 1.165) is 23.1 Å². The molecule has 164 valence electrons. The predicted octanol–water partition coefficient (Wildman–Crippen LogP) is 6.00. The van der Waals surface area contributed by atoms with E-state index in [2.05, 4.69) is 16.9 Å². The number of benzene rings is 3. The van der Waals surface area contributed by atoms with Gasteiger partial charge in [-0.3, -0.25) is 0 Å². The monoisotopic (exact) mass is 455 g/mol. The Morgan fingerprint density at radius 2 is 1.35 bits per heavy atom. The molecule has 3 rings (SSSR count). The fourth-order valence-electron chi connectivity index (χ4n) is 3.83. The molecule has 0 fully saturated rings. The molecule has 3 aromatic rings. The lowest BCUT2D eigenvalue weighted by Gasteiger charge is -2.31. The Morgan fingerprint density at radius 3 is 1.90 bits per heavy atom. The molecule has 0 aliphatic heterocycles. The summed E-state index contributed by atoms with van der Waals surface area (Å²) in [4.78, 5) is 0. The van der Waals surface area contributed by atoms with Gasteiger partial charge in [0.2, 0.25) is 10.0 Å².